The van der Waals surface area contributed by atoms with Crippen molar-refractivity contribution in [3.63, 3.8) is 0 Å². The Balaban J connectivity index is 1.84. The van der Waals surface area contributed by atoms with Gasteiger partial charge >= 0.3 is 0 Å². The molecule has 0 bridgehead atoms. The lowest BCUT2D eigenvalue weighted by atomic mass is 10.1. The highest BCUT2D eigenvalue weighted by atomic mass is 35.5. The molecule has 1 heterocycles. The highest BCUT2D eigenvalue weighted by Crippen LogP contribution is 2.29. The van der Waals surface area contributed by atoms with Crippen LogP contribution in [0.4, 0.5) is 5.69 Å². The summed E-state index contributed by atoms with van der Waals surface area (Å²) in [5.41, 5.74) is 8.60. The Morgan fingerprint density at radius 1 is 1.39 bits per heavy atom. The number of rotatable bonds is 5. The topological polar surface area (TPSA) is 105 Å². The molecule has 2 aliphatic rings. The predicted molar refractivity (Wildman–Crippen MR) is 84.7 cm³/mol. The number of halogens is 1. The van der Waals surface area contributed by atoms with E-state index in [4.69, 9.17) is 17.3 Å². The summed E-state index contributed by atoms with van der Waals surface area (Å²) >= 11 is 5.98. The van der Waals surface area contributed by atoms with Crippen LogP contribution in [0.15, 0.2) is 18.2 Å². The van der Waals surface area contributed by atoms with Crippen LogP contribution in [0.1, 0.15) is 29.6 Å². The van der Waals surface area contributed by atoms with Gasteiger partial charge in [-0.25, -0.2) is 10.4 Å². The second-order valence-electron chi connectivity index (χ2n) is 5.83. The van der Waals surface area contributed by atoms with Crippen LogP contribution in [0.5, 0.6) is 0 Å². The summed E-state index contributed by atoms with van der Waals surface area (Å²) in [6.45, 7) is 0.607. The number of nitrogens with one attached hydrogen (secondary N) is 2. The SMILES string of the molecule is NC(=O)C1CC(=O)N(c2ccc(Cl)cc2C(=O)NCC2CC2)N1. The maximum Gasteiger partial charge on any atom is 0.253 e. The lowest BCUT2D eigenvalue weighted by molar-refractivity contribution is -0.121. The second kappa shape index (κ2) is 6.17. The first-order valence-electron chi connectivity index (χ1n) is 7.42. The van der Waals surface area contributed by atoms with Gasteiger partial charge in [0.1, 0.15) is 6.04 Å². The molecule has 2 fully saturated rings. The Labute approximate surface area is 138 Å². The third-order valence-electron chi connectivity index (χ3n) is 3.95. The molecule has 0 radical (unpaired) electrons. The molecule has 1 unspecified atom stereocenters. The number of hydrazine groups is 1. The van der Waals surface area contributed by atoms with E-state index in [1.54, 1.807) is 12.1 Å². The van der Waals surface area contributed by atoms with E-state index < -0.39 is 11.9 Å². The number of amides is 3. The zero-order valence-corrected chi connectivity index (χ0v) is 13.1. The summed E-state index contributed by atoms with van der Waals surface area (Å²) in [7, 11) is 0. The van der Waals surface area contributed by atoms with Crippen LogP contribution in [0, 0.1) is 5.92 Å². The third-order valence-corrected chi connectivity index (χ3v) is 4.18. The van der Waals surface area contributed by atoms with Gasteiger partial charge in [0, 0.05) is 11.6 Å². The molecule has 23 heavy (non-hydrogen) atoms. The molecule has 1 aromatic rings. The van der Waals surface area contributed by atoms with E-state index in [-0.39, 0.29) is 23.8 Å². The van der Waals surface area contributed by atoms with Crippen molar-refractivity contribution in [2.45, 2.75) is 25.3 Å². The van der Waals surface area contributed by atoms with Crippen molar-refractivity contribution >= 4 is 35.0 Å². The molecule has 3 amide bonds. The van der Waals surface area contributed by atoms with E-state index in [2.05, 4.69) is 10.7 Å². The molecule has 1 atom stereocenters. The Morgan fingerprint density at radius 2 is 2.13 bits per heavy atom. The molecule has 1 aromatic carbocycles. The number of anilines is 1. The lowest BCUT2D eigenvalue weighted by Gasteiger charge is -2.20. The highest BCUT2D eigenvalue weighted by molar-refractivity contribution is 6.31. The summed E-state index contributed by atoms with van der Waals surface area (Å²) in [4.78, 5) is 35.8. The maximum absolute atomic E-state index is 12.4. The Hall–Kier alpha value is -2.12. The molecule has 122 valence electrons. The number of nitrogens with zero attached hydrogens (tertiary/aromatic N) is 1. The van der Waals surface area contributed by atoms with Crippen LogP contribution in [0.2, 0.25) is 5.02 Å². The van der Waals surface area contributed by atoms with Gasteiger partial charge in [-0.1, -0.05) is 11.6 Å². The smallest absolute Gasteiger partial charge is 0.253 e. The molecule has 4 N–H and O–H groups in total. The average Bonchev–Trinajstić information content (AvgIpc) is 3.26. The minimum absolute atomic E-state index is 0.0406. The fourth-order valence-corrected chi connectivity index (χ4v) is 2.62. The zero-order chi connectivity index (χ0) is 16.6. The zero-order valence-electron chi connectivity index (χ0n) is 12.3. The number of hydrogen-bond donors (Lipinski definition) is 3. The Morgan fingerprint density at radius 3 is 2.74 bits per heavy atom. The number of hydrogen-bond acceptors (Lipinski definition) is 4. The molecule has 8 heteroatoms. The standard InChI is InChI=1S/C15H17ClN4O3/c16-9-3-4-12(20-13(21)6-11(19-20)14(17)22)10(5-9)15(23)18-7-8-1-2-8/h3-5,8,11,19H,1-2,6-7H2,(H2,17,22)(H,18,23). The van der Waals surface area contributed by atoms with E-state index in [9.17, 15) is 14.4 Å². The Bertz CT molecular complexity index is 675. The van der Waals surface area contributed by atoms with Crippen molar-refractivity contribution < 1.29 is 14.4 Å². The number of nitrogens with two attached hydrogens (primary N) is 1. The van der Waals surface area contributed by atoms with Gasteiger partial charge in [-0.2, -0.15) is 0 Å². The summed E-state index contributed by atoms with van der Waals surface area (Å²) in [5.74, 6) is -0.708. The average molecular weight is 337 g/mol. The summed E-state index contributed by atoms with van der Waals surface area (Å²) < 4.78 is 0. The van der Waals surface area contributed by atoms with Gasteiger partial charge in [0.25, 0.3) is 5.91 Å². The van der Waals surface area contributed by atoms with Gasteiger partial charge in [-0.15, -0.1) is 0 Å². The van der Waals surface area contributed by atoms with Crippen LogP contribution in [-0.4, -0.2) is 30.3 Å². The van der Waals surface area contributed by atoms with Gasteiger partial charge in [0.05, 0.1) is 17.7 Å². The molecule has 1 saturated carbocycles. The molecule has 1 aliphatic heterocycles. The minimum atomic E-state index is -0.777. The van der Waals surface area contributed by atoms with Crippen molar-refractivity contribution in [2.75, 3.05) is 11.6 Å². The minimum Gasteiger partial charge on any atom is -0.368 e. The fraction of sp³-hybridized carbons (Fsp3) is 0.400. The van der Waals surface area contributed by atoms with Gasteiger partial charge < -0.3 is 11.1 Å². The predicted octanol–water partition coefficient (Wildman–Crippen LogP) is 0.575. The van der Waals surface area contributed by atoms with E-state index >= 15 is 0 Å². The molecule has 1 aliphatic carbocycles. The first-order valence-corrected chi connectivity index (χ1v) is 7.79. The van der Waals surface area contributed by atoms with Crippen molar-refractivity contribution in [1.29, 1.82) is 0 Å². The first kappa shape index (κ1) is 15.8. The second-order valence-corrected chi connectivity index (χ2v) is 6.27. The van der Waals surface area contributed by atoms with Crippen molar-refractivity contribution in [2.24, 2.45) is 11.7 Å². The molecular formula is C15H17ClN4O3. The Kier molecular flexibility index (Phi) is 4.23. The molecule has 7 nitrogen and oxygen atoms in total. The molecule has 3 rings (SSSR count). The van der Waals surface area contributed by atoms with Crippen LogP contribution in [-0.2, 0) is 9.59 Å². The van der Waals surface area contributed by atoms with Gasteiger partial charge in [0.2, 0.25) is 11.8 Å². The third kappa shape index (κ3) is 3.46. The van der Waals surface area contributed by atoms with E-state index in [1.165, 1.54) is 11.1 Å². The molecule has 1 saturated heterocycles. The van der Waals surface area contributed by atoms with Crippen LogP contribution >= 0.6 is 11.6 Å². The summed E-state index contributed by atoms with van der Waals surface area (Å²) in [6, 6.07) is 3.88. The lowest BCUT2D eigenvalue weighted by Crippen LogP contribution is -2.44. The van der Waals surface area contributed by atoms with Gasteiger partial charge in [0.15, 0.2) is 0 Å². The summed E-state index contributed by atoms with van der Waals surface area (Å²) in [6.07, 6.45) is 2.20. The van der Waals surface area contributed by atoms with Crippen molar-refractivity contribution in [3.8, 4) is 0 Å². The van der Waals surface area contributed by atoms with Gasteiger partial charge in [-0.3, -0.25) is 14.4 Å². The molecule has 0 aromatic heterocycles. The number of benzene rings is 1. The van der Waals surface area contributed by atoms with Crippen LogP contribution < -0.4 is 21.5 Å². The summed E-state index contributed by atoms with van der Waals surface area (Å²) in [5, 5.41) is 4.43. The quantitative estimate of drug-likeness (QED) is 0.731. The number of carbonyl (C=O) groups excluding carboxylic acids is 3. The molecular weight excluding hydrogens is 320 g/mol. The number of primary amides is 1. The number of carbonyl (C=O) groups is 3. The van der Waals surface area contributed by atoms with Crippen molar-refractivity contribution in [3.05, 3.63) is 28.8 Å². The first-order chi connectivity index (χ1) is 11.0. The fourth-order valence-electron chi connectivity index (χ4n) is 2.45. The highest BCUT2D eigenvalue weighted by Gasteiger charge is 2.35. The van der Waals surface area contributed by atoms with E-state index in [1.807, 2.05) is 0 Å². The largest absolute Gasteiger partial charge is 0.368 e. The normalized spacial score (nSPS) is 20.7. The van der Waals surface area contributed by atoms with E-state index in [0.29, 0.717) is 23.2 Å². The van der Waals surface area contributed by atoms with Gasteiger partial charge in [-0.05, 0) is 37.0 Å². The van der Waals surface area contributed by atoms with Crippen LogP contribution in [0.25, 0.3) is 0 Å². The molecule has 0 spiro atoms. The monoisotopic (exact) mass is 336 g/mol. The van der Waals surface area contributed by atoms with E-state index in [0.717, 1.165) is 12.8 Å². The van der Waals surface area contributed by atoms with Crippen molar-refractivity contribution in [1.82, 2.24) is 10.7 Å². The van der Waals surface area contributed by atoms with Crippen LogP contribution in [0.3, 0.4) is 0 Å². The maximum atomic E-state index is 12.4.